The van der Waals surface area contributed by atoms with Gasteiger partial charge in [-0.25, -0.2) is 8.42 Å². The molecule has 9 nitrogen and oxygen atoms in total. The number of aromatic nitrogens is 4. The fraction of sp³-hybridized carbons (Fsp3) is 0.300. The van der Waals surface area contributed by atoms with Crippen LogP contribution in [0.25, 0.3) is 5.69 Å². The number of tetrazole rings is 1. The van der Waals surface area contributed by atoms with Gasteiger partial charge in [0.2, 0.25) is 10.0 Å². The fourth-order valence-corrected chi connectivity index (χ4v) is 5.25. The van der Waals surface area contributed by atoms with Gasteiger partial charge in [-0.05, 0) is 59.7 Å². The summed E-state index contributed by atoms with van der Waals surface area (Å²) in [4.78, 5) is 0.0500. The van der Waals surface area contributed by atoms with E-state index in [9.17, 15) is 13.7 Å². The van der Waals surface area contributed by atoms with Crippen molar-refractivity contribution in [3.63, 3.8) is 0 Å². The molecule has 1 aliphatic rings. The molecule has 1 aliphatic heterocycles. The maximum atomic E-state index is 13.0. The van der Waals surface area contributed by atoms with Gasteiger partial charge in [-0.3, -0.25) is 0 Å². The van der Waals surface area contributed by atoms with Crippen molar-refractivity contribution in [3.8, 4) is 17.5 Å². The van der Waals surface area contributed by atoms with Crippen LogP contribution in [0.4, 0.5) is 0 Å². The van der Waals surface area contributed by atoms with Crippen molar-refractivity contribution in [2.24, 2.45) is 0 Å². The van der Waals surface area contributed by atoms with Crippen LogP contribution in [0.15, 0.2) is 53.4 Å². The quantitative estimate of drug-likeness (QED) is 0.616. The van der Waals surface area contributed by atoms with E-state index >= 15 is 0 Å². The topological polar surface area (TPSA) is 114 Å². The van der Waals surface area contributed by atoms with Gasteiger partial charge in [0.1, 0.15) is 11.8 Å². The number of sulfonamides is 1. The molecule has 30 heavy (non-hydrogen) atoms. The van der Waals surface area contributed by atoms with Crippen LogP contribution >= 0.6 is 0 Å². The summed E-state index contributed by atoms with van der Waals surface area (Å²) in [5.41, 5.74) is 0.969. The second kappa shape index (κ2) is 8.22. The van der Waals surface area contributed by atoms with E-state index < -0.39 is 10.0 Å². The zero-order chi connectivity index (χ0) is 21.1. The molecular weight excluding hydrogens is 404 g/mol. The van der Waals surface area contributed by atoms with Gasteiger partial charge in [-0.15, -0.1) is 5.10 Å². The highest BCUT2D eigenvalue weighted by Gasteiger charge is 2.33. The summed E-state index contributed by atoms with van der Waals surface area (Å²) < 4.78 is 34.4. The van der Waals surface area contributed by atoms with E-state index in [1.54, 1.807) is 23.9 Å². The summed E-state index contributed by atoms with van der Waals surface area (Å²) >= 11 is 0. The average Bonchev–Trinajstić information content (AvgIpc) is 3.29. The first-order valence-electron chi connectivity index (χ1n) is 9.46. The molecule has 10 heteroatoms. The molecule has 0 radical (unpaired) electrons. The molecule has 0 N–H and O–H groups in total. The van der Waals surface area contributed by atoms with Crippen LogP contribution in [0.2, 0.25) is 0 Å². The SMILES string of the molecule is COc1ccc(-n2nnnc2C2CCN(S(=O)(=O)c3ccccc3C#N)CC2)cc1. The van der Waals surface area contributed by atoms with E-state index in [0.29, 0.717) is 31.8 Å². The van der Waals surface area contributed by atoms with Gasteiger partial charge in [0.25, 0.3) is 0 Å². The van der Waals surface area contributed by atoms with Crippen LogP contribution in [0.5, 0.6) is 5.75 Å². The predicted molar refractivity (Wildman–Crippen MR) is 108 cm³/mol. The highest BCUT2D eigenvalue weighted by atomic mass is 32.2. The molecule has 1 fully saturated rings. The molecule has 0 amide bonds. The third-order valence-electron chi connectivity index (χ3n) is 5.26. The van der Waals surface area contributed by atoms with Crippen molar-refractivity contribution in [1.29, 1.82) is 5.26 Å². The van der Waals surface area contributed by atoms with Crippen molar-refractivity contribution < 1.29 is 13.2 Å². The lowest BCUT2D eigenvalue weighted by atomic mass is 9.97. The van der Waals surface area contributed by atoms with Crippen molar-refractivity contribution >= 4 is 10.0 Å². The monoisotopic (exact) mass is 424 g/mol. The summed E-state index contributed by atoms with van der Waals surface area (Å²) in [5, 5.41) is 21.4. The summed E-state index contributed by atoms with van der Waals surface area (Å²) in [6.45, 7) is 0.671. The van der Waals surface area contributed by atoms with E-state index in [2.05, 4.69) is 15.5 Å². The summed E-state index contributed by atoms with van der Waals surface area (Å²) in [6.07, 6.45) is 1.18. The van der Waals surface area contributed by atoms with E-state index in [0.717, 1.165) is 11.4 Å². The molecule has 1 aromatic heterocycles. The van der Waals surface area contributed by atoms with Crippen molar-refractivity contribution in [2.75, 3.05) is 20.2 Å². The predicted octanol–water partition coefficient (Wildman–Crippen LogP) is 2.11. The Morgan fingerprint density at radius 2 is 1.80 bits per heavy atom. The van der Waals surface area contributed by atoms with Crippen molar-refractivity contribution in [3.05, 3.63) is 59.9 Å². The molecule has 0 bridgehead atoms. The molecule has 4 rings (SSSR count). The number of piperidine rings is 1. The van der Waals surface area contributed by atoms with Crippen LogP contribution in [-0.4, -0.2) is 53.1 Å². The van der Waals surface area contributed by atoms with Gasteiger partial charge in [0.15, 0.2) is 5.82 Å². The minimum Gasteiger partial charge on any atom is -0.497 e. The molecule has 0 aliphatic carbocycles. The Morgan fingerprint density at radius 1 is 1.10 bits per heavy atom. The van der Waals surface area contributed by atoms with Crippen LogP contribution in [0.3, 0.4) is 0 Å². The number of hydrogen-bond donors (Lipinski definition) is 0. The normalized spacial score (nSPS) is 15.6. The van der Waals surface area contributed by atoms with Crippen LogP contribution in [0.1, 0.15) is 30.1 Å². The number of nitriles is 1. The van der Waals surface area contributed by atoms with E-state index in [1.807, 2.05) is 30.3 Å². The number of rotatable bonds is 5. The zero-order valence-electron chi connectivity index (χ0n) is 16.3. The molecule has 2 heterocycles. The molecule has 1 saturated heterocycles. The van der Waals surface area contributed by atoms with Gasteiger partial charge in [-0.2, -0.15) is 14.2 Å². The summed E-state index contributed by atoms with van der Waals surface area (Å²) in [7, 11) is -2.12. The molecule has 0 atom stereocenters. The highest BCUT2D eigenvalue weighted by molar-refractivity contribution is 7.89. The van der Waals surface area contributed by atoms with Gasteiger partial charge >= 0.3 is 0 Å². The Labute approximate surface area is 174 Å². The Hall–Kier alpha value is -3.29. The minimum absolute atomic E-state index is 0.0276. The lowest BCUT2D eigenvalue weighted by Crippen LogP contribution is -2.38. The lowest BCUT2D eigenvalue weighted by molar-refractivity contribution is 0.311. The van der Waals surface area contributed by atoms with Gasteiger partial charge < -0.3 is 4.74 Å². The first kappa shape index (κ1) is 20.0. The average molecular weight is 424 g/mol. The standard InChI is InChI=1S/C20H20N6O3S/c1-29-18-8-6-17(7-9-18)26-20(22-23-24-26)15-10-12-25(13-11-15)30(27,28)19-5-3-2-4-16(19)14-21/h2-9,15H,10-13H2,1H3. The Bertz CT molecular complexity index is 1180. The maximum Gasteiger partial charge on any atom is 0.244 e. The number of benzene rings is 2. The lowest BCUT2D eigenvalue weighted by Gasteiger charge is -2.30. The maximum absolute atomic E-state index is 13.0. The molecule has 3 aromatic rings. The third kappa shape index (κ3) is 3.65. The second-order valence-corrected chi connectivity index (χ2v) is 8.84. The van der Waals surface area contributed by atoms with Gasteiger partial charge in [0.05, 0.1) is 23.3 Å². The largest absolute Gasteiger partial charge is 0.497 e. The summed E-state index contributed by atoms with van der Waals surface area (Å²) in [6, 6.07) is 15.7. The van der Waals surface area contributed by atoms with E-state index in [-0.39, 0.29) is 16.4 Å². The number of ether oxygens (including phenoxy) is 1. The Kier molecular flexibility index (Phi) is 5.48. The molecule has 0 spiro atoms. The first-order valence-corrected chi connectivity index (χ1v) is 10.9. The number of nitrogens with zero attached hydrogens (tertiary/aromatic N) is 6. The Morgan fingerprint density at radius 3 is 2.47 bits per heavy atom. The zero-order valence-corrected chi connectivity index (χ0v) is 17.2. The number of methoxy groups -OCH3 is 1. The van der Waals surface area contributed by atoms with Gasteiger partial charge in [-0.1, -0.05) is 12.1 Å². The first-order chi connectivity index (χ1) is 14.5. The van der Waals surface area contributed by atoms with Crippen molar-refractivity contribution in [2.45, 2.75) is 23.7 Å². The van der Waals surface area contributed by atoms with E-state index in [1.165, 1.54) is 16.4 Å². The van der Waals surface area contributed by atoms with Crippen LogP contribution in [-0.2, 0) is 10.0 Å². The Balaban J connectivity index is 1.52. The minimum atomic E-state index is -3.73. The van der Waals surface area contributed by atoms with Crippen molar-refractivity contribution in [1.82, 2.24) is 24.5 Å². The molecule has 0 saturated carbocycles. The van der Waals surface area contributed by atoms with E-state index in [4.69, 9.17) is 4.74 Å². The molecule has 0 unspecified atom stereocenters. The third-order valence-corrected chi connectivity index (χ3v) is 7.21. The molecule has 2 aromatic carbocycles. The smallest absolute Gasteiger partial charge is 0.244 e. The van der Waals surface area contributed by atoms with Gasteiger partial charge in [0, 0.05) is 19.0 Å². The van der Waals surface area contributed by atoms with Crippen LogP contribution in [0, 0.1) is 11.3 Å². The molecule has 154 valence electrons. The number of hydrogen-bond acceptors (Lipinski definition) is 7. The highest BCUT2D eigenvalue weighted by Crippen LogP contribution is 2.31. The molecular formula is C20H20N6O3S. The fourth-order valence-electron chi connectivity index (χ4n) is 3.63. The second-order valence-electron chi connectivity index (χ2n) is 6.93. The van der Waals surface area contributed by atoms with Crippen LogP contribution < -0.4 is 4.74 Å². The summed E-state index contributed by atoms with van der Waals surface area (Å²) in [5.74, 6) is 1.47.